The Morgan fingerprint density at radius 1 is 1.00 bits per heavy atom. The lowest BCUT2D eigenvalue weighted by Gasteiger charge is -2.20. The van der Waals surface area contributed by atoms with E-state index in [1.165, 1.54) is 24.4 Å². The van der Waals surface area contributed by atoms with E-state index in [4.69, 9.17) is 9.47 Å². The Morgan fingerprint density at radius 3 is 2.07 bits per heavy atom. The number of nitrogens with zero attached hydrogens (tertiary/aromatic N) is 2. The quantitative estimate of drug-likeness (QED) is 0.657. The molecule has 0 N–H and O–H groups in total. The number of methoxy groups -OCH3 is 2. The van der Waals surface area contributed by atoms with Gasteiger partial charge >= 0.3 is 0 Å². The maximum Gasteiger partial charge on any atom is 0.260 e. The Labute approximate surface area is 170 Å². The van der Waals surface area contributed by atoms with Crippen LogP contribution in [0.4, 0.5) is 5.69 Å². The first-order valence-electron chi connectivity index (χ1n) is 9.41. The molecule has 6 heteroatoms. The smallest absolute Gasteiger partial charge is 0.260 e. The van der Waals surface area contributed by atoms with Gasteiger partial charge in [0.25, 0.3) is 11.5 Å². The van der Waals surface area contributed by atoms with E-state index in [9.17, 15) is 9.59 Å². The summed E-state index contributed by atoms with van der Waals surface area (Å²) in [4.78, 5) is 27.6. The van der Waals surface area contributed by atoms with Gasteiger partial charge in [-0.25, -0.2) is 0 Å². The fourth-order valence-corrected chi connectivity index (χ4v) is 3.34. The highest BCUT2D eigenvalue weighted by Gasteiger charge is 2.21. The second kappa shape index (κ2) is 7.99. The summed E-state index contributed by atoms with van der Waals surface area (Å²) in [7, 11) is 6.39. The average Bonchev–Trinajstić information content (AvgIpc) is 2.74. The molecule has 0 saturated carbocycles. The molecule has 0 aliphatic heterocycles. The molecule has 0 bridgehead atoms. The van der Waals surface area contributed by atoms with Crippen molar-refractivity contribution in [3.63, 3.8) is 0 Å². The van der Waals surface area contributed by atoms with Crippen molar-refractivity contribution in [1.82, 2.24) is 4.57 Å². The third-order valence-corrected chi connectivity index (χ3v) is 5.17. The van der Waals surface area contributed by atoms with Crippen molar-refractivity contribution in [2.45, 2.75) is 19.8 Å². The molecule has 3 rings (SSSR count). The lowest BCUT2D eigenvalue weighted by molar-refractivity contribution is 0.0994. The van der Waals surface area contributed by atoms with Crippen molar-refractivity contribution >= 4 is 22.4 Å². The molecule has 1 amide bonds. The normalized spacial score (nSPS) is 11.0. The number of anilines is 1. The molecular formula is C23H26N2O4. The summed E-state index contributed by atoms with van der Waals surface area (Å²) >= 11 is 0. The van der Waals surface area contributed by atoms with Crippen molar-refractivity contribution in [2.24, 2.45) is 7.05 Å². The predicted molar refractivity (Wildman–Crippen MR) is 116 cm³/mol. The topological polar surface area (TPSA) is 60.8 Å². The molecular weight excluding hydrogens is 368 g/mol. The minimum atomic E-state index is -0.213. The van der Waals surface area contributed by atoms with Gasteiger partial charge in [0.05, 0.1) is 25.2 Å². The number of pyridine rings is 1. The van der Waals surface area contributed by atoms with E-state index in [2.05, 4.69) is 13.8 Å². The highest BCUT2D eigenvalue weighted by atomic mass is 16.5. The lowest BCUT2D eigenvalue weighted by atomic mass is 10.0. The minimum Gasteiger partial charge on any atom is -0.493 e. The first kappa shape index (κ1) is 20.5. The zero-order chi connectivity index (χ0) is 21.3. The molecule has 6 nitrogen and oxygen atoms in total. The van der Waals surface area contributed by atoms with Gasteiger partial charge in [-0.05, 0) is 35.7 Å². The predicted octanol–water partition coefficient (Wildman–Crippen LogP) is 3.96. The largest absolute Gasteiger partial charge is 0.493 e. The van der Waals surface area contributed by atoms with Crippen molar-refractivity contribution in [1.29, 1.82) is 0 Å². The van der Waals surface area contributed by atoms with Crippen LogP contribution in [0.5, 0.6) is 11.5 Å². The SMILES string of the molecule is COc1cc2c(C(=O)N(C)c3ccc(C(C)C)cc3)cn(C)c(=O)c2cc1OC. The van der Waals surface area contributed by atoms with Crippen molar-refractivity contribution in [3.05, 3.63) is 64.1 Å². The molecule has 152 valence electrons. The fourth-order valence-electron chi connectivity index (χ4n) is 3.34. The second-order valence-electron chi connectivity index (χ2n) is 7.32. The van der Waals surface area contributed by atoms with Gasteiger partial charge in [0.1, 0.15) is 0 Å². The molecule has 0 radical (unpaired) electrons. The molecule has 0 aliphatic rings. The number of fused-ring (bicyclic) bond motifs is 1. The molecule has 0 fully saturated rings. The summed E-state index contributed by atoms with van der Waals surface area (Å²) in [5.41, 5.74) is 2.20. The minimum absolute atomic E-state index is 0.207. The Hall–Kier alpha value is -3.28. The first-order valence-corrected chi connectivity index (χ1v) is 9.41. The molecule has 0 aliphatic carbocycles. The summed E-state index contributed by atoms with van der Waals surface area (Å²) in [5.74, 6) is 1.11. The lowest BCUT2D eigenvalue weighted by Crippen LogP contribution is -2.29. The standard InChI is InChI=1S/C23H26N2O4/c1-14(2)15-7-9-16(10-8-15)25(4)23(27)19-13-24(3)22(26)18-12-21(29-6)20(28-5)11-17(18)19/h7-14H,1-6H3. The number of carbonyl (C=O) groups is 1. The molecule has 2 aromatic carbocycles. The van der Waals surface area contributed by atoms with E-state index in [0.717, 1.165) is 5.69 Å². The van der Waals surface area contributed by atoms with Crippen LogP contribution in [0.2, 0.25) is 0 Å². The number of aromatic nitrogens is 1. The van der Waals surface area contributed by atoms with Crippen LogP contribution in [0.1, 0.15) is 35.7 Å². The molecule has 0 atom stereocenters. The number of amides is 1. The monoisotopic (exact) mass is 394 g/mol. The third kappa shape index (κ3) is 3.70. The number of hydrogen-bond acceptors (Lipinski definition) is 4. The summed E-state index contributed by atoms with van der Waals surface area (Å²) in [5, 5.41) is 0.931. The molecule has 0 unspecified atom stereocenters. The summed E-state index contributed by atoms with van der Waals surface area (Å²) < 4.78 is 12.1. The molecule has 0 spiro atoms. The first-order chi connectivity index (χ1) is 13.8. The summed E-state index contributed by atoms with van der Waals surface area (Å²) in [6.45, 7) is 4.25. The fraction of sp³-hybridized carbons (Fsp3) is 0.304. The zero-order valence-corrected chi connectivity index (χ0v) is 17.6. The van der Waals surface area contributed by atoms with Gasteiger partial charge in [-0.1, -0.05) is 26.0 Å². The van der Waals surface area contributed by atoms with Crippen molar-refractivity contribution in [2.75, 3.05) is 26.2 Å². The molecule has 3 aromatic rings. The van der Waals surface area contributed by atoms with E-state index in [1.54, 1.807) is 37.3 Å². The second-order valence-corrected chi connectivity index (χ2v) is 7.32. The molecule has 1 heterocycles. The van der Waals surface area contributed by atoms with Gasteiger partial charge in [-0.15, -0.1) is 0 Å². The third-order valence-electron chi connectivity index (χ3n) is 5.17. The molecule has 1 aromatic heterocycles. The number of aryl methyl sites for hydroxylation is 1. The van der Waals surface area contributed by atoms with E-state index < -0.39 is 0 Å². The van der Waals surface area contributed by atoms with E-state index in [0.29, 0.717) is 33.8 Å². The van der Waals surface area contributed by atoms with Crippen LogP contribution in [0.25, 0.3) is 10.8 Å². The number of rotatable bonds is 5. The molecule has 29 heavy (non-hydrogen) atoms. The number of ether oxygens (including phenoxy) is 2. The number of benzene rings is 2. The maximum absolute atomic E-state index is 13.3. The number of hydrogen-bond donors (Lipinski definition) is 0. The summed E-state index contributed by atoms with van der Waals surface area (Å²) in [6, 6.07) is 11.2. The van der Waals surface area contributed by atoms with E-state index in [-0.39, 0.29) is 11.5 Å². The Morgan fingerprint density at radius 2 is 1.55 bits per heavy atom. The Balaban J connectivity index is 2.13. The van der Waals surface area contributed by atoms with Crippen molar-refractivity contribution in [3.8, 4) is 11.5 Å². The van der Waals surface area contributed by atoms with Gasteiger partial charge < -0.3 is 18.9 Å². The average molecular weight is 394 g/mol. The van der Waals surface area contributed by atoms with E-state index >= 15 is 0 Å². The molecule has 0 saturated heterocycles. The van der Waals surface area contributed by atoms with E-state index in [1.807, 2.05) is 24.3 Å². The zero-order valence-electron chi connectivity index (χ0n) is 17.6. The highest BCUT2D eigenvalue weighted by Crippen LogP contribution is 2.33. The Kier molecular flexibility index (Phi) is 5.64. The number of carbonyl (C=O) groups excluding carboxylic acids is 1. The van der Waals surface area contributed by atoms with Crippen LogP contribution in [-0.2, 0) is 7.05 Å². The van der Waals surface area contributed by atoms with Crippen LogP contribution < -0.4 is 19.9 Å². The van der Waals surface area contributed by atoms with Gasteiger partial charge in [0.15, 0.2) is 11.5 Å². The van der Waals surface area contributed by atoms with Crippen LogP contribution in [-0.4, -0.2) is 31.7 Å². The van der Waals surface area contributed by atoms with Crippen LogP contribution in [0, 0.1) is 0 Å². The van der Waals surface area contributed by atoms with Gasteiger partial charge in [-0.3, -0.25) is 9.59 Å². The van der Waals surface area contributed by atoms with Crippen LogP contribution in [0.3, 0.4) is 0 Å². The Bertz CT molecular complexity index is 1110. The summed E-state index contributed by atoms with van der Waals surface area (Å²) in [6.07, 6.45) is 1.57. The van der Waals surface area contributed by atoms with Gasteiger partial charge in [0, 0.05) is 31.4 Å². The highest BCUT2D eigenvalue weighted by molar-refractivity contribution is 6.14. The van der Waals surface area contributed by atoms with Crippen LogP contribution >= 0.6 is 0 Å². The van der Waals surface area contributed by atoms with Crippen molar-refractivity contribution < 1.29 is 14.3 Å². The maximum atomic E-state index is 13.3. The van der Waals surface area contributed by atoms with Gasteiger partial charge in [-0.2, -0.15) is 0 Å². The van der Waals surface area contributed by atoms with Gasteiger partial charge in [0.2, 0.25) is 0 Å². The van der Waals surface area contributed by atoms with Crippen LogP contribution in [0.15, 0.2) is 47.4 Å².